The van der Waals surface area contributed by atoms with E-state index in [4.69, 9.17) is 0 Å². The molecule has 2 rings (SSSR count). The monoisotopic (exact) mass is 267 g/mol. The standard InChI is InChI=1S/C16H33N3/c1-5-9-17-15-14(7-6-8-16(15,2)3)19-12-10-18(4)11-13-19/h14-15,17H,5-13H2,1-4H3. The van der Waals surface area contributed by atoms with Gasteiger partial charge >= 0.3 is 0 Å². The van der Waals surface area contributed by atoms with Crippen molar-refractivity contribution in [2.75, 3.05) is 39.8 Å². The van der Waals surface area contributed by atoms with E-state index in [1.54, 1.807) is 0 Å². The van der Waals surface area contributed by atoms with Crippen molar-refractivity contribution in [2.45, 2.75) is 58.5 Å². The number of hydrogen-bond acceptors (Lipinski definition) is 3. The van der Waals surface area contributed by atoms with Gasteiger partial charge < -0.3 is 10.2 Å². The molecule has 112 valence electrons. The van der Waals surface area contributed by atoms with Gasteiger partial charge in [-0.15, -0.1) is 0 Å². The van der Waals surface area contributed by atoms with Gasteiger partial charge in [0, 0.05) is 38.3 Å². The molecule has 2 fully saturated rings. The van der Waals surface area contributed by atoms with E-state index < -0.39 is 0 Å². The second-order valence-corrected chi connectivity index (χ2v) is 7.22. The van der Waals surface area contributed by atoms with Crippen LogP contribution in [0, 0.1) is 5.41 Å². The Morgan fingerprint density at radius 2 is 1.84 bits per heavy atom. The van der Waals surface area contributed by atoms with Crippen molar-refractivity contribution in [3.05, 3.63) is 0 Å². The first-order valence-electron chi connectivity index (χ1n) is 8.20. The van der Waals surface area contributed by atoms with E-state index >= 15 is 0 Å². The lowest BCUT2D eigenvalue weighted by atomic mass is 9.70. The van der Waals surface area contributed by atoms with E-state index in [9.17, 15) is 0 Å². The van der Waals surface area contributed by atoms with Gasteiger partial charge in [0.25, 0.3) is 0 Å². The largest absolute Gasteiger partial charge is 0.312 e. The van der Waals surface area contributed by atoms with Gasteiger partial charge in [-0.2, -0.15) is 0 Å². The average molecular weight is 267 g/mol. The summed E-state index contributed by atoms with van der Waals surface area (Å²) in [7, 11) is 2.25. The van der Waals surface area contributed by atoms with Crippen molar-refractivity contribution in [2.24, 2.45) is 5.41 Å². The van der Waals surface area contributed by atoms with Crippen LogP contribution in [-0.2, 0) is 0 Å². The summed E-state index contributed by atoms with van der Waals surface area (Å²) in [5.41, 5.74) is 0.446. The Labute approximate surface area is 119 Å². The van der Waals surface area contributed by atoms with Crippen molar-refractivity contribution in [3.8, 4) is 0 Å². The molecule has 3 heteroatoms. The lowest BCUT2D eigenvalue weighted by Gasteiger charge is -2.50. The van der Waals surface area contributed by atoms with Crippen molar-refractivity contribution in [1.82, 2.24) is 15.1 Å². The first-order chi connectivity index (χ1) is 9.04. The molecule has 2 unspecified atom stereocenters. The summed E-state index contributed by atoms with van der Waals surface area (Å²) in [4.78, 5) is 5.22. The molecule has 1 saturated heterocycles. The Hall–Kier alpha value is -0.120. The molecule has 1 N–H and O–H groups in total. The zero-order chi connectivity index (χ0) is 13.9. The van der Waals surface area contributed by atoms with Crippen LogP contribution in [0.1, 0.15) is 46.5 Å². The normalized spacial score (nSPS) is 33.5. The van der Waals surface area contributed by atoms with Crippen molar-refractivity contribution < 1.29 is 0 Å². The second kappa shape index (κ2) is 6.55. The molecular formula is C16H33N3. The second-order valence-electron chi connectivity index (χ2n) is 7.22. The molecule has 0 aromatic carbocycles. The first kappa shape index (κ1) is 15.3. The minimum atomic E-state index is 0.446. The van der Waals surface area contributed by atoms with Crippen molar-refractivity contribution in [1.29, 1.82) is 0 Å². The van der Waals surface area contributed by atoms with E-state index in [0.717, 1.165) is 6.04 Å². The molecule has 0 amide bonds. The van der Waals surface area contributed by atoms with E-state index in [2.05, 4.69) is 42.9 Å². The topological polar surface area (TPSA) is 18.5 Å². The lowest BCUT2D eigenvalue weighted by Crippen LogP contribution is -2.61. The van der Waals surface area contributed by atoms with E-state index in [1.165, 1.54) is 58.4 Å². The summed E-state index contributed by atoms with van der Waals surface area (Å²) in [6, 6.07) is 1.42. The van der Waals surface area contributed by atoms with Crippen LogP contribution in [-0.4, -0.2) is 61.7 Å². The fourth-order valence-electron chi connectivity index (χ4n) is 3.87. The fourth-order valence-corrected chi connectivity index (χ4v) is 3.87. The van der Waals surface area contributed by atoms with Gasteiger partial charge in [0.1, 0.15) is 0 Å². The van der Waals surface area contributed by atoms with Gasteiger partial charge in [-0.3, -0.25) is 4.90 Å². The van der Waals surface area contributed by atoms with Gasteiger partial charge in [-0.1, -0.05) is 27.2 Å². The van der Waals surface area contributed by atoms with Gasteiger partial charge in [0.15, 0.2) is 0 Å². The van der Waals surface area contributed by atoms with Crippen LogP contribution in [0.25, 0.3) is 0 Å². The average Bonchev–Trinajstić information content (AvgIpc) is 2.37. The Kier molecular flexibility index (Phi) is 5.27. The molecule has 19 heavy (non-hydrogen) atoms. The molecule has 2 atom stereocenters. The molecule has 2 aliphatic rings. The molecule has 0 aromatic heterocycles. The molecule has 0 bridgehead atoms. The molecule has 1 aliphatic carbocycles. The maximum absolute atomic E-state index is 3.86. The molecule has 1 heterocycles. The molecule has 0 radical (unpaired) electrons. The molecule has 0 aromatic rings. The number of nitrogens with one attached hydrogen (secondary N) is 1. The number of nitrogens with zero attached hydrogens (tertiary/aromatic N) is 2. The van der Waals surface area contributed by atoms with Crippen LogP contribution < -0.4 is 5.32 Å². The zero-order valence-corrected chi connectivity index (χ0v) is 13.4. The summed E-state index contributed by atoms with van der Waals surface area (Å²) < 4.78 is 0. The van der Waals surface area contributed by atoms with Crippen molar-refractivity contribution >= 4 is 0 Å². The third-order valence-corrected chi connectivity index (χ3v) is 5.17. The summed E-state index contributed by atoms with van der Waals surface area (Å²) in [5, 5.41) is 3.86. The van der Waals surface area contributed by atoms with Crippen LogP contribution in [0.3, 0.4) is 0 Å². The van der Waals surface area contributed by atoms with E-state index in [1.807, 2.05) is 0 Å². The SMILES string of the molecule is CCCNC1C(N2CCN(C)CC2)CCCC1(C)C. The molecule has 1 aliphatic heterocycles. The van der Waals surface area contributed by atoms with Crippen LogP contribution in [0.5, 0.6) is 0 Å². The predicted molar refractivity (Wildman–Crippen MR) is 82.6 cm³/mol. The summed E-state index contributed by atoms with van der Waals surface area (Å²) in [6.45, 7) is 13.3. The molecule has 1 saturated carbocycles. The summed E-state index contributed by atoms with van der Waals surface area (Å²) >= 11 is 0. The molecule has 3 nitrogen and oxygen atoms in total. The highest BCUT2D eigenvalue weighted by molar-refractivity contribution is 4.98. The number of rotatable bonds is 4. The van der Waals surface area contributed by atoms with Crippen LogP contribution >= 0.6 is 0 Å². The van der Waals surface area contributed by atoms with Gasteiger partial charge in [0.05, 0.1) is 0 Å². The lowest BCUT2D eigenvalue weighted by molar-refractivity contribution is 0.0232. The van der Waals surface area contributed by atoms with Crippen LogP contribution in [0.4, 0.5) is 0 Å². The third-order valence-electron chi connectivity index (χ3n) is 5.17. The van der Waals surface area contributed by atoms with E-state index in [0.29, 0.717) is 11.5 Å². The number of hydrogen-bond donors (Lipinski definition) is 1. The van der Waals surface area contributed by atoms with Gasteiger partial charge in [-0.05, 0) is 38.3 Å². The number of piperazine rings is 1. The van der Waals surface area contributed by atoms with Crippen molar-refractivity contribution in [3.63, 3.8) is 0 Å². The highest BCUT2D eigenvalue weighted by atomic mass is 15.3. The predicted octanol–water partition coefficient (Wildman–Crippen LogP) is 2.18. The van der Waals surface area contributed by atoms with Crippen LogP contribution in [0.2, 0.25) is 0 Å². The van der Waals surface area contributed by atoms with Crippen LogP contribution in [0.15, 0.2) is 0 Å². The van der Waals surface area contributed by atoms with Gasteiger partial charge in [-0.25, -0.2) is 0 Å². The number of likely N-dealkylation sites (N-methyl/N-ethyl adjacent to an activating group) is 1. The highest BCUT2D eigenvalue weighted by Crippen LogP contribution is 2.38. The molecular weight excluding hydrogens is 234 g/mol. The minimum Gasteiger partial charge on any atom is -0.312 e. The van der Waals surface area contributed by atoms with E-state index in [-0.39, 0.29) is 0 Å². The zero-order valence-electron chi connectivity index (χ0n) is 13.4. The minimum absolute atomic E-state index is 0.446. The van der Waals surface area contributed by atoms with Gasteiger partial charge in [0.2, 0.25) is 0 Å². The Bertz CT molecular complexity index is 269. The maximum Gasteiger partial charge on any atom is 0.0274 e. The third kappa shape index (κ3) is 3.71. The quantitative estimate of drug-likeness (QED) is 0.842. The first-order valence-corrected chi connectivity index (χ1v) is 8.20. The highest BCUT2D eigenvalue weighted by Gasteiger charge is 2.41. The Balaban J connectivity index is 2.02. The fraction of sp³-hybridized carbons (Fsp3) is 1.00. The Morgan fingerprint density at radius 3 is 2.47 bits per heavy atom. The molecule has 0 spiro atoms. The Morgan fingerprint density at radius 1 is 1.16 bits per heavy atom. The maximum atomic E-state index is 3.86. The summed E-state index contributed by atoms with van der Waals surface area (Å²) in [5.74, 6) is 0. The summed E-state index contributed by atoms with van der Waals surface area (Å²) in [6.07, 6.45) is 5.39. The smallest absolute Gasteiger partial charge is 0.0274 e.